The number of amides is 2. The highest BCUT2D eigenvalue weighted by Crippen LogP contribution is 2.35. The molecule has 1 aromatic carbocycles. The molecule has 0 aliphatic heterocycles. The second kappa shape index (κ2) is 6.46. The summed E-state index contributed by atoms with van der Waals surface area (Å²) in [4.78, 5) is 34.7. The minimum Gasteiger partial charge on any atom is -0.336 e. The summed E-state index contributed by atoms with van der Waals surface area (Å²) in [6.45, 7) is -0.494. The SMILES string of the molecule is CN(CC(=O)Nc1ccccc1C(F)(F)F)C(=O)[C@H]1C[C@H]1[N+](=O)[O-]. The molecule has 24 heavy (non-hydrogen) atoms. The van der Waals surface area contributed by atoms with Crippen LogP contribution in [0.25, 0.3) is 0 Å². The van der Waals surface area contributed by atoms with Crippen LogP contribution in [0.5, 0.6) is 0 Å². The van der Waals surface area contributed by atoms with Crippen LogP contribution in [0.15, 0.2) is 24.3 Å². The molecule has 1 N–H and O–H groups in total. The number of likely N-dealkylation sites (N-methyl/N-ethyl adjacent to an activating group) is 1. The number of anilines is 1. The van der Waals surface area contributed by atoms with E-state index in [0.29, 0.717) is 0 Å². The zero-order valence-electron chi connectivity index (χ0n) is 12.5. The van der Waals surface area contributed by atoms with Gasteiger partial charge in [-0.05, 0) is 12.1 Å². The summed E-state index contributed by atoms with van der Waals surface area (Å²) in [5, 5.41) is 12.7. The third-order valence-electron chi connectivity index (χ3n) is 3.61. The largest absolute Gasteiger partial charge is 0.418 e. The summed E-state index contributed by atoms with van der Waals surface area (Å²) in [6.07, 6.45) is -4.52. The molecule has 0 heterocycles. The number of rotatable bonds is 5. The van der Waals surface area contributed by atoms with Gasteiger partial charge in [-0.25, -0.2) is 0 Å². The van der Waals surface area contributed by atoms with Crippen molar-refractivity contribution in [3.05, 3.63) is 39.9 Å². The monoisotopic (exact) mass is 345 g/mol. The maximum absolute atomic E-state index is 12.8. The Hall–Kier alpha value is -2.65. The van der Waals surface area contributed by atoms with Crippen LogP contribution in [-0.4, -0.2) is 41.3 Å². The topological polar surface area (TPSA) is 92.6 Å². The van der Waals surface area contributed by atoms with Gasteiger partial charge in [0.1, 0.15) is 5.92 Å². The fraction of sp³-hybridized carbons (Fsp3) is 0.429. The van der Waals surface area contributed by atoms with Gasteiger partial charge in [0, 0.05) is 18.4 Å². The van der Waals surface area contributed by atoms with Crippen molar-refractivity contribution >= 4 is 17.5 Å². The number of halogens is 3. The first-order chi connectivity index (χ1) is 11.1. The van der Waals surface area contributed by atoms with E-state index in [0.717, 1.165) is 17.0 Å². The van der Waals surface area contributed by atoms with Gasteiger partial charge >= 0.3 is 6.18 Å². The molecular weight excluding hydrogens is 331 g/mol. The molecule has 2 rings (SSSR count). The summed E-state index contributed by atoms with van der Waals surface area (Å²) in [7, 11) is 1.27. The Morgan fingerprint density at radius 1 is 1.38 bits per heavy atom. The Labute approximate surface area is 134 Å². The van der Waals surface area contributed by atoms with Crippen molar-refractivity contribution in [3.8, 4) is 0 Å². The summed E-state index contributed by atoms with van der Waals surface area (Å²) >= 11 is 0. The molecule has 130 valence electrons. The van der Waals surface area contributed by atoms with E-state index < -0.39 is 52.7 Å². The Kier molecular flexibility index (Phi) is 4.76. The van der Waals surface area contributed by atoms with Gasteiger partial charge in [-0.15, -0.1) is 0 Å². The second-order valence-electron chi connectivity index (χ2n) is 5.48. The highest BCUT2D eigenvalue weighted by Gasteiger charge is 2.54. The van der Waals surface area contributed by atoms with Crippen molar-refractivity contribution in [2.24, 2.45) is 5.92 Å². The molecule has 0 unspecified atom stereocenters. The average molecular weight is 345 g/mol. The van der Waals surface area contributed by atoms with Crippen LogP contribution < -0.4 is 5.32 Å². The van der Waals surface area contributed by atoms with Gasteiger partial charge in [0.25, 0.3) is 0 Å². The van der Waals surface area contributed by atoms with Crippen molar-refractivity contribution in [2.45, 2.75) is 18.6 Å². The number of nitro groups is 1. The predicted molar refractivity (Wildman–Crippen MR) is 76.6 cm³/mol. The third kappa shape index (κ3) is 4.00. The Morgan fingerprint density at radius 2 is 2.00 bits per heavy atom. The quantitative estimate of drug-likeness (QED) is 0.650. The van der Waals surface area contributed by atoms with Gasteiger partial charge in [-0.2, -0.15) is 13.2 Å². The van der Waals surface area contributed by atoms with E-state index in [1.54, 1.807) is 0 Å². The van der Waals surface area contributed by atoms with E-state index in [9.17, 15) is 32.9 Å². The van der Waals surface area contributed by atoms with Gasteiger partial charge in [-0.1, -0.05) is 12.1 Å². The van der Waals surface area contributed by atoms with Crippen molar-refractivity contribution in [1.29, 1.82) is 0 Å². The van der Waals surface area contributed by atoms with Crippen molar-refractivity contribution in [2.75, 3.05) is 18.9 Å². The molecule has 1 fully saturated rings. The summed E-state index contributed by atoms with van der Waals surface area (Å²) in [5.74, 6) is -2.17. The number of hydrogen-bond acceptors (Lipinski definition) is 4. The Bertz CT molecular complexity index is 677. The fourth-order valence-corrected chi connectivity index (χ4v) is 2.29. The van der Waals surface area contributed by atoms with Crippen LogP contribution in [-0.2, 0) is 15.8 Å². The van der Waals surface area contributed by atoms with Gasteiger partial charge in [0.2, 0.25) is 17.9 Å². The molecule has 10 heteroatoms. The number of nitrogens with one attached hydrogen (secondary N) is 1. The number of carbonyl (C=O) groups excluding carboxylic acids is 2. The van der Waals surface area contributed by atoms with E-state index in [2.05, 4.69) is 5.32 Å². The molecule has 1 aliphatic rings. The van der Waals surface area contributed by atoms with E-state index in [1.807, 2.05) is 0 Å². The molecule has 0 aromatic heterocycles. The normalized spacial score (nSPS) is 19.5. The molecule has 1 aliphatic carbocycles. The third-order valence-corrected chi connectivity index (χ3v) is 3.61. The number of para-hydroxylation sites is 1. The first-order valence-corrected chi connectivity index (χ1v) is 6.95. The van der Waals surface area contributed by atoms with Crippen LogP contribution in [0.4, 0.5) is 18.9 Å². The van der Waals surface area contributed by atoms with Crippen LogP contribution in [0.3, 0.4) is 0 Å². The highest BCUT2D eigenvalue weighted by molar-refractivity contribution is 5.95. The molecule has 0 bridgehead atoms. The smallest absolute Gasteiger partial charge is 0.336 e. The summed E-state index contributed by atoms with van der Waals surface area (Å²) in [5.41, 5.74) is -1.41. The first-order valence-electron chi connectivity index (χ1n) is 6.95. The van der Waals surface area contributed by atoms with E-state index in [4.69, 9.17) is 0 Å². The lowest BCUT2D eigenvalue weighted by atomic mass is 10.1. The summed E-state index contributed by atoms with van der Waals surface area (Å²) in [6, 6.07) is 3.52. The number of benzene rings is 1. The number of nitrogens with zero attached hydrogens (tertiary/aromatic N) is 2. The lowest BCUT2D eigenvalue weighted by Crippen LogP contribution is -2.37. The molecular formula is C14H14F3N3O4. The lowest BCUT2D eigenvalue weighted by molar-refractivity contribution is -0.497. The standard InChI is InChI=1S/C14H14F3N3O4/c1-19(13(22)8-6-11(8)20(23)24)7-12(21)18-10-5-3-2-4-9(10)14(15,16)17/h2-5,8,11H,6-7H2,1H3,(H,18,21)/t8-,11+/m0/s1. The molecule has 0 saturated heterocycles. The maximum Gasteiger partial charge on any atom is 0.418 e. The van der Waals surface area contributed by atoms with Gasteiger partial charge in [-0.3, -0.25) is 19.7 Å². The molecule has 0 spiro atoms. The van der Waals surface area contributed by atoms with Gasteiger partial charge in [0.05, 0.1) is 17.8 Å². The zero-order chi connectivity index (χ0) is 18.1. The molecule has 2 atom stereocenters. The van der Waals surface area contributed by atoms with E-state index in [1.165, 1.54) is 19.2 Å². The van der Waals surface area contributed by atoms with Crippen LogP contribution in [0, 0.1) is 16.0 Å². The lowest BCUT2D eigenvalue weighted by Gasteiger charge is -2.18. The van der Waals surface area contributed by atoms with Gasteiger partial charge in [0.15, 0.2) is 0 Å². The highest BCUT2D eigenvalue weighted by atomic mass is 19.4. The molecule has 1 saturated carbocycles. The van der Waals surface area contributed by atoms with Crippen molar-refractivity contribution < 1.29 is 27.7 Å². The second-order valence-corrected chi connectivity index (χ2v) is 5.48. The van der Waals surface area contributed by atoms with Gasteiger partial charge < -0.3 is 10.2 Å². The van der Waals surface area contributed by atoms with Crippen LogP contribution in [0.1, 0.15) is 12.0 Å². The fourth-order valence-electron chi connectivity index (χ4n) is 2.29. The summed E-state index contributed by atoms with van der Waals surface area (Å²) < 4.78 is 38.5. The minimum atomic E-state index is -4.63. The number of carbonyl (C=O) groups is 2. The van der Waals surface area contributed by atoms with Crippen molar-refractivity contribution in [1.82, 2.24) is 4.90 Å². The number of alkyl halides is 3. The zero-order valence-corrected chi connectivity index (χ0v) is 12.5. The minimum absolute atomic E-state index is 0.106. The predicted octanol–water partition coefficient (Wildman–Crippen LogP) is 1.77. The van der Waals surface area contributed by atoms with E-state index in [-0.39, 0.29) is 6.42 Å². The molecule has 0 radical (unpaired) electrons. The molecule has 7 nitrogen and oxygen atoms in total. The van der Waals surface area contributed by atoms with Crippen molar-refractivity contribution in [3.63, 3.8) is 0 Å². The Balaban J connectivity index is 1.97. The van der Waals surface area contributed by atoms with Crippen LogP contribution in [0.2, 0.25) is 0 Å². The molecule has 2 amide bonds. The first kappa shape index (κ1) is 17.7. The number of hydrogen-bond donors (Lipinski definition) is 1. The average Bonchev–Trinajstić information content (AvgIpc) is 3.26. The van der Waals surface area contributed by atoms with Crippen LogP contribution >= 0.6 is 0 Å². The molecule has 1 aromatic rings. The van der Waals surface area contributed by atoms with E-state index >= 15 is 0 Å². The maximum atomic E-state index is 12.8. The Morgan fingerprint density at radius 3 is 2.54 bits per heavy atom.